The molecule has 2 unspecified atom stereocenters. The lowest BCUT2D eigenvalue weighted by molar-refractivity contribution is -0.127. The smallest absolute Gasteiger partial charge is 0.223 e. The number of benzene rings is 1. The van der Waals surface area contributed by atoms with Crippen LogP contribution < -0.4 is 10.6 Å². The maximum atomic E-state index is 12.4. The number of furan rings is 1. The Morgan fingerprint density at radius 2 is 1.97 bits per heavy atom. The molecule has 4 rings (SSSR count). The van der Waals surface area contributed by atoms with Gasteiger partial charge in [-0.3, -0.25) is 14.7 Å². The van der Waals surface area contributed by atoms with Crippen molar-refractivity contribution in [3.8, 4) is 0 Å². The van der Waals surface area contributed by atoms with E-state index in [1.54, 1.807) is 13.3 Å². The minimum Gasteiger partial charge on any atom is -0.468 e. The summed E-state index contributed by atoms with van der Waals surface area (Å²) >= 11 is 0. The molecule has 0 spiro atoms. The number of rotatable bonds is 9. The number of amides is 1. The van der Waals surface area contributed by atoms with Crippen molar-refractivity contribution in [2.45, 2.75) is 31.7 Å². The molecule has 2 aliphatic rings. The molecular weight excluding hydrogens is 402 g/mol. The number of carbonyl (C=O) groups is 1. The number of carbonyl (C=O) groups excluding carboxylic acids is 1. The molecule has 2 aromatic rings. The van der Waals surface area contributed by atoms with Crippen LogP contribution in [0.4, 0.5) is 0 Å². The largest absolute Gasteiger partial charge is 0.468 e. The van der Waals surface area contributed by atoms with E-state index in [1.807, 2.05) is 29.2 Å². The zero-order valence-corrected chi connectivity index (χ0v) is 19.0. The molecule has 2 fully saturated rings. The lowest BCUT2D eigenvalue weighted by Gasteiger charge is -2.27. The Balaban J connectivity index is 1.23. The lowest BCUT2D eigenvalue weighted by atomic mass is 10.1. The molecule has 0 bridgehead atoms. The summed E-state index contributed by atoms with van der Waals surface area (Å²) in [6.45, 7) is 5.26. The molecule has 2 saturated heterocycles. The summed E-state index contributed by atoms with van der Waals surface area (Å²) in [6, 6.07) is 14.6. The fourth-order valence-electron chi connectivity index (χ4n) is 4.71. The Bertz CT molecular complexity index is 862. The van der Waals surface area contributed by atoms with Crippen molar-refractivity contribution in [1.82, 2.24) is 20.4 Å². The molecule has 7 nitrogen and oxygen atoms in total. The summed E-state index contributed by atoms with van der Waals surface area (Å²) in [6.07, 6.45) is 5.72. The zero-order chi connectivity index (χ0) is 22.2. The van der Waals surface area contributed by atoms with Gasteiger partial charge in [-0.05, 0) is 50.0 Å². The second-order valence-electron chi connectivity index (χ2n) is 8.75. The number of nitrogens with one attached hydrogen (secondary N) is 2. The standard InChI is InChI=1S/C25H35N5O2/c1-26-25(28-18-22(23-10-7-15-32-23)29-12-5-6-13-29)27-17-21-16-24(31)30(19-21)14-11-20-8-3-2-4-9-20/h2-4,7-10,15,21-22H,5-6,11-14,16-19H2,1H3,(H2,26,27,28). The first-order valence-corrected chi connectivity index (χ1v) is 11.8. The van der Waals surface area contributed by atoms with Crippen LogP contribution in [0.2, 0.25) is 0 Å². The van der Waals surface area contributed by atoms with Gasteiger partial charge >= 0.3 is 0 Å². The van der Waals surface area contributed by atoms with E-state index in [0.717, 1.165) is 57.4 Å². The first kappa shape index (κ1) is 22.4. The van der Waals surface area contributed by atoms with E-state index in [4.69, 9.17) is 4.42 Å². The van der Waals surface area contributed by atoms with Gasteiger partial charge in [0.05, 0.1) is 12.3 Å². The van der Waals surface area contributed by atoms with Crippen molar-refractivity contribution in [1.29, 1.82) is 0 Å². The summed E-state index contributed by atoms with van der Waals surface area (Å²) in [5.74, 6) is 2.32. The van der Waals surface area contributed by atoms with Crippen LogP contribution in [0.15, 0.2) is 58.1 Å². The number of guanidine groups is 1. The van der Waals surface area contributed by atoms with Crippen molar-refractivity contribution in [3.63, 3.8) is 0 Å². The molecule has 0 saturated carbocycles. The SMILES string of the molecule is CN=C(NCC1CC(=O)N(CCc2ccccc2)C1)NCC(c1ccco1)N1CCCC1. The van der Waals surface area contributed by atoms with Gasteiger partial charge < -0.3 is 20.0 Å². The van der Waals surface area contributed by atoms with Gasteiger partial charge in [-0.15, -0.1) is 0 Å². The van der Waals surface area contributed by atoms with Crippen molar-refractivity contribution in [2.24, 2.45) is 10.9 Å². The predicted octanol–water partition coefficient (Wildman–Crippen LogP) is 2.67. The third-order valence-electron chi connectivity index (χ3n) is 6.51. The molecule has 2 N–H and O–H groups in total. The molecule has 32 heavy (non-hydrogen) atoms. The summed E-state index contributed by atoms with van der Waals surface area (Å²) < 4.78 is 5.71. The molecule has 7 heteroatoms. The van der Waals surface area contributed by atoms with E-state index in [2.05, 4.69) is 38.7 Å². The number of likely N-dealkylation sites (tertiary alicyclic amines) is 2. The van der Waals surface area contributed by atoms with Gasteiger partial charge in [0.15, 0.2) is 5.96 Å². The quantitative estimate of drug-likeness (QED) is 0.466. The average molecular weight is 438 g/mol. The monoisotopic (exact) mass is 437 g/mol. The van der Waals surface area contributed by atoms with E-state index in [1.165, 1.54) is 18.4 Å². The molecule has 1 aromatic carbocycles. The van der Waals surface area contributed by atoms with Crippen LogP contribution in [0.5, 0.6) is 0 Å². The summed E-state index contributed by atoms with van der Waals surface area (Å²) in [5, 5.41) is 6.89. The van der Waals surface area contributed by atoms with Gasteiger partial charge in [-0.25, -0.2) is 0 Å². The van der Waals surface area contributed by atoms with Crippen LogP contribution in [0, 0.1) is 5.92 Å². The Kier molecular flexibility index (Phi) is 7.82. The minimum absolute atomic E-state index is 0.201. The number of hydrogen-bond donors (Lipinski definition) is 2. The Morgan fingerprint density at radius 3 is 2.69 bits per heavy atom. The summed E-state index contributed by atoms with van der Waals surface area (Å²) in [7, 11) is 1.79. The average Bonchev–Trinajstić information content (AvgIpc) is 3.59. The summed E-state index contributed by atoms with van der Waals surface area (Å²) in [5.41, 5.74) is 1.27. The van der Waals surface area contributed by atoms with E-state index < -0.39 is 0 Å². The Labute approximate surface area is 190 Å². The highest BCUT2D eigenvalue weighted by atomic mass is 16.3. The van der Waals surface area contributed by atoms with Gasteiger partial charge in [0, 0.05) is 45.6 Å². The van der Waals surface area contributed by atoms with E-state index in [0.29, 0.717) is 12.3 Å². The van der Waals surface area contributed by atoms with Crippen molar-refractivity contribution >= 4 is 11.9 Å². The molecular formula is C25H35N5O2. The fourth-order valence-corrected chi connectivity index (χ4v) is 4.71. The van der Waals surface area contributed by atoms with Crippen LogP contribution in [0.25, 0.3) is 0 Å². The molecule has 2 aliphatic heterocycles. The first-order chi connectivity index (χ1) is 15.7. The molecule has 2 atom stereocenters. The van der Waals surface area contributed by atoms with Crippen LogP contribution in [0.1, 0.15) is 36.6 Å². The maximum absolute atomic E-state index is 12.4. The highest BCUT2D eigenvalue weighted by Gasteiger charge is 2.29. The topological polar surface area (TPSA) is 73.1 Å². The Hall–Kier alpha value is -2.80. The van der Waals surface area contributed by atoms with Gasteiger partial charge in [-0.2, -0.15) is 0 Å². The molecule has 172 valence electrons. The third kappa shape index (κ3) is 5.91. The molecule has 0 aliphatic carbocycles. The molecule has 1 amide bonds. The highest BCUT2D eigenvalue weighted by Crippen LogP contribution is 2.25. The van der Waals surface area contributed by atoms with Crippen molar-refractivity contribution in [2.75, 3.05) is 46.3 Å². The molecule has 1 aromatic heterocycles. The van der Waals surface area contributed by atoms with Gasteiger partial charge in [-0.1, -0.05) is 30.3 Å². The van der Waals surface area contributed by atoms with Gasteiger partial charge in [0.25, 0.3) is 0 Å². The van der Waals surface area contributed by atoms with Crippen LogP contribution in [0.3, 0.4) is 0 Å². The van der Waals surface area contributed by atoms with Crippen molar-refractivity contribution < 1.29 is 9.21 Å². The number of hydrogen-bond acceptors (Lipinski definition) is 4. The second kappa shape index (κ2) is 11.2. The van der Waals surface area contributed by atoms with Crippen LogP contribution in [-0.4, -0.2) is 68.0 Å². The second-order valence-corrected chi connectivity index (χ2v) is 8.75. The third-order valence-corrected chi connectivity index (χ3v) is 6.51. The predicted molar refractivity (Wildman–Crippen MR) is 126 cm³/mol. The minimum atomic E-state index is 0.201. The normalized spacial score (nSPS) is 20.7. The van der Waals surface area contributed by atoms with Gasteiger partial charge in [0.1, 0.15) is 5.76 Å². The van der Waals surface area contributed by atoms with E-state index in [9.17, 15) is 4.79 Å². The zero-order valence-electron chi connectivity index (χ0n) is 19.0. The summed E-state index contributed by atoms with van der Waals surface area (Å²) in [4.78, 5) is 21.3. The Morgan fingerprint density at radius 1 is 1.16 bits per heavy atom. The fraction of sp³-hybridized carbons (Fsp3) is 0.520. The van der Waals surface area contributed by atoms with E-state index in [-0.39, 0.29) is 11.9 Å². The first-order valence-electron chi connectivity index (χ1n) is 11.8. The molecule has 3 heterocycles. The van der Waals surface area contributed by atoms with E-state index >= 15 is 0 Å². The number of nitrogens with zero attached hydrogens (tertiary/aromatic N) is 3. The van der Waals surface area contributed by atoms with Crippen molar-refractivity contribution in [3.05, 3.63) is 60.1 Å². The lowest BCUT2D eigenvalue weighted by Crippen LogP contribution is -2.44. The highest BCUT2D eigenvalue weighted by molar-refractivity contribution is 5.80. The van der Waals surface area contributed by atoms with Gasteiger partial charge in [0.2, 0.25) is 5.91 Å². The molecule has 0 radical (unpaired) electrons. The van der Waals surface area contributed by atoms with Crippen LogP contribution >= 0.6 is 0 Å². The maximum Gasteiger partial charge on any atom is 0.223 e. The van der Waals surface area contributed by atoms with Crippen LogP contribution in [-0.2, 0) is 11.2 Å². The number of aliphatic imine (C=N–C) groups is 1.